The smallest absolute Gasteiger partial charge is 0.338 e. The lowest BCUT2D eigenvalue weighted by Crippen LogP contribution is -2.58. The van der Waals surface area contributed by atoms with Gasteiger partial charge in [-0.25, -0.2) is 9.59 Å². The van der Waals surface area contributed by atoms with Gasteiger partial charge in [0, 0.05) is 0 Å². The summed E-state index contributed by atoms with van der Waals surface area (Å²) in [7, 11) is 0. The lowest BCUT2D eigenvalue weighted by atomic mass is 10.0. The average molecular weight is 196 g/mol. The molecule has 0 bridgehead atoms. The Morgan fingerprint density at radius 1 is 0.923 bits per heavy atom. The quantitative estimate of drug-likeness (QED) is 0.253. The van der Waals surface area contributed by atoms with Crippen molar-refractivity contribution in [2.45, 2.75) is 18.0 Å². The van der Waals surface area contributed by atoms with Gasteiger partial charge in [0.25, 0.3) is 0 Å². The first-order valence-corrected chi connectivity index (χ1v) is 2.97. The fourth-order valence-corrected chi connectivity index (χ4v) is 0.513. The molecular weight excluding hydrogens is 188 g/mol. The third kappa shape index (κ3) is 2.36. The van der Waals surface area contributed by atoms with Crippen molar-refractivity contribution in [2.24, 2.45) is 0 Å². The molecule has 6 N–H and O–H groups in total. The molecule has 0 rings (SSSR count). The molecule has 0 heterocycles. The summed E-state index contributed by atoms with van der Waals surface area (Å²) in [6, 6.07) is 0. The number of rotatable bonds is 4. The SMILES string of the molecule is O=C(O)C(O)C(O)(O)C(O)C(=O)O. The maximum atomic E-state index is 10.00. The third-order valence-electron chi connectivity index (χ3n) is 1.27. The summed E-state index contributed by atoms with van der Waals surface area (Å²) in [4.78, 5) is 20.0. The molecule has 0 spiro atoms. The van der Waals surface area contributed by atoms with Crippen LogP contribution in [0.4, 0.5) is 0 Å². The predicted octanol–water partition coefficient (Wildman–Crippen LogP) is -3.44. The maximum absolute atomic E-state index is 10.00. The Morgan fingerprint density at radius 2 is 1.15 bits per heavy atom. The number of aliphatic carboxylic acids is 2. The monoisotopic (exact) mass is 196 g/mol. The van der Waals surface area contributed by atoms with E-state index in [2.05, 4.69) is 0 Å². The Bertz CT molecular complexity index is 199. The number of aliphatic hydroxyl groups is 4. The van der Waals surface area contributed by atoms with Gasteiger partial charge in [-0.1, -0.05) is 0 Å². The molecule has 0 aromatic rings. The van der Waals surface area contributed by atoms with Gasteiger partial charge in [-0.05, 0) is 0 Å². The van der Waals surface area contributed by atoms with Crippen molar-refractivity contribution in [1.82, 2.24) is 0 Å². The number of carboxylic acid groups (broad SMARTS) is 2. The van der Waals surface area contributed by atoms with E-state index in [1.54, 1.807) is 0 Å². The van der Waals surface area contributed by atoms with Gasteiger partial charge in [0.2, 0.25) is 18.0 Å². The molecule has 0 saturated carbocycles. The van der Waals surface area contributed by atoms with E-state index in [-0.39, 0.29) is 0 Å². The highest BCUT2D eigenvalue weighted by Crippen LogP contribution is 2.12. The van der Waals surface area contributed by atoms with Crippen LogP contribution in [0.1, 0.15) is 0 Å². The minimum atomic E-state index is -3.63. The highest BCUT2D eigenvalue weighted by atomic mass is 16.6. The van der Waals surface area contributed by atoms with E-state index < -0.39 is 29.9 Å². The van der Waals surface area contributed by atoms with Gasteiger partial charge in [-0.3, -0.25) is 0 Å². The molecule has 0 saturated heterocycles. The second kappa shape index (κ2) is 3.66. The molecule has 0 aromatic heterocycles. The van der Waals surface area contributed by atoms with Crippen molar-refractivity contribution in [3.05, 3.63) is 0 Å². The van der Waals surface area contributed by atoms with E-state index in [0.717, 1.165) is 0 Å². The van der Waals surface area contributed by atoms with Crippen LogP contribution in [-0.4, -0.2) is 60.6 Å². The summed E-state index contributed by atoms with van der Waals surface area (Å²) in [6.45, 7) is 0. The van der Waals surface area contributed by atoms with Gasteiger partial charge in [0.1, 0.15) is 0 Å². The zero-order chi connectivity index (χ0) is 10.8. The van der Waals surface area contributed by atoms with Crippen LogP contribution in [0.5, 0.6) is 0 Å². The van der Waals surface area contributed by atoms with E-state index in [9.17, 15) is 9.59 Å². The van der Waals surface area contributed by atoms with Gasteiger partial charge in [-0.15, -0.1) is 0 Å². The molecular formula is C5H8O8. The van der Waals surface area contributed by atoms with Crippen molar-refractivity contribution in [3.63, 3.8) is 0 Å². The molecule has 0 amide bonds. The van der Waals surface area contributed by atoms with Crippen LogP contribution in [0.25, 0.3) is 0 Å². The average Bonchev–Trinajstić information content (AvgIpc) is 2.01. The Kier molecular flexibility index (Phi) is 3.32. The van der Waals surface area contributed by atoms with E-state index in [1.807, 2.05) is 0 Å². The predicted molar refractivity (Wildman–Crippen MR) is 34.5 cm³/mol. The van der Waals surface area contributed by atoms with Crippen LogP contribution in [0, 0.1) is 0 Å². The van der Waals surface area contributed by atoms with Crippen LogP contribution in [0.2, 0.25) is 0 Å². The van der Waals surface area contributed by atoms with Gasteiger partial charge >= 0.3 is 11.9 Å². The topological polar surface area (TPSA) is 156 Å². The van der Waals surface area contributed by atoms with E-state index in [0.29, 0.717) is 0 Å². The van der Waals surface area contributed by atoms with Gasteiger partial charge in [0.15, 0.2) is 0 Å². The normalized spacial score (nSPS) is 16.3. The fraction of sp³-hybridized carbons (Fsp3) is 0.600. The zero-order valence-corrected chi connectivity index (χ0v) is 6.15. The molecule has 0 aliphatic rings. The number of hydrogen-bond donors (Lipinski definition) is 6. The second-order valence-electron chi connectivity index (χ2n) is 2.26. The first-order chi connectivity index (χ1) is 5.71. The third-order valence-corrected chi connectivity index (χ3v) is 1.27. The Balaban J connectivity index is 4.74. The van der Waals surface area contributed by atoms with Crippen molar-refractivity contribution < 1.29 is 40.2 Å². The molecule has 2 unspecified atom stereocenters. The maximum Gasteiger partial charge on any atom is 0.338 e. The zero-order valence-electron chi connectivity index (χ0n) is 6.15. The first-order valence-electron chi connectivity index (χ1n) is 2.97. The second-order valence-corrected chi connectivity index (χ2v) is 2.26. The summed E-state index contributed by atoms with van der Waals surface area (Å²) in [6.07, 6.45) is -5.61. The van der Waals surface area contributed by atoms with Crippen molar-refractivity contribution in [3.8, 4) is 0 Å². The number of hydrogen-bond acceptors (Lipinski definition) is 6. The molecule has 0 aliphatic heterocycles. The molecule has 13 heavy (non-hydrogen) atoms. The van der Waals surface area contributed by atoms with Crippen LogP contribution in [-0.2, 0) is 9.59 Å². The molecule has 8 heteroatoms. The molecule has 0 fully saturated rings. The largest absolute Gasteiger partial charge is 0.479 e. The first kappa shape index (κ1) is 11.8. The summed E-state index contributed by atoms with van der Waals surface area (Å²) < 4.78 is 0. The summed E-state index contributed by atoms with van der Waals surface area (Å²) in [5.74, 6) is -7.76. The molecule has 8 nitrogen and oxygen atoms in total. The highest BCUT2D eigenvalue weighted by molar-refractivity contribution is 5.78. The van der Waals surface area contributed by atoms with Crippen LogP contribution in [0.15, 0.2) is 0 Å². The summed E-state index contributed by atoms with van der Waals surface area (Å²) in [5.41, 5.74) is 0. The van der Waals surface area contributed by atoms with E-state index >= 15 is 0 Å². The minimum Gasteiger partial charge on any atom is -0.479 e. The van der Waals surface area contributed by atoms with Crippen molar-refractivity contribution in [1.29, 1.82) is 0 Å². The van der Waals surface area contributed by atoms with Crippen LogP contribution >= 0.6 is 0 Å². The van der Waals surface area contributed by atoms with Gasteiger partial charge < -0.3 is 30.6 Å². The van der Waals surface area contributed by atoms with Crippen molar-refractivity contribution >= 4 is 11.9 Å². The molecule has 2 atom stereocenters. The lowest BCUT2D eigenvalue weighted by Gasteiger charge is -2.26. The van der Waals surface area contributed by atoms with E-state index in [4.69, 9.17) is 30.6 Å². The Hall–Kier alpha value is -1.22. The lowest BCUT2D eigenvalue weighted by molar-refractivity contribution is -0.271. The molecule has 0 radical (unpaired) electrons. The molecule has 76 valence electrons. The highest BCUT2D eigenvalue weighted by Gasteiger charge is 2.48. The Labute approximate surface area is 71.3 Å². The van der Waals surface area contributed by atoms with Crippen LogP contribution < -0.4 is 0 Å². The summed E-state index contributed by atoms with van der Waals surface area (Å²) in [5, 5.41) is 50.6. The van der Waals surface area contributed by atoms with Crippen molar-refractivity contribution in [2.75, 3.05) is 0 Å². The minimum absolute atomic E-state index is 2.06. The fourth-order valence-electron chi connectivity index (χ4n) is 0.513. The standard InChI is InChI=1S/C5H8O8/c6-1(3(8)9)5(12,13)2(7)4(10)11/h1-2,6-7,12-13H,(H,8,9)(H,10,11). The van der Waals surface area contributed by atoms with E-state index in [1.165, 1.54) is 0 Å². The number of carboxylic acids is 2. The molecule has 0 aromatic carbocycles. The van der Waals surface area contributed by atoms with Gasteiger partial charge in [-0.2, -0.15) is 0 Å². The van der Waals surface area contributed by atoms with Crippen LogP contribution in [0.3, 0.4) is 0 Å². The molecule has 0 aliphatic carbocycles. The number of carbonyl (C=O) groups is 2. The Morgan fingerprint density at radius 3 is 1.31 bits per heavy atom. The number of aliphatic hydroxyl groups excluding tert-OH is 2. The van der Waals surface area contributed by atoms with Gasteiger partial charge in [0.05, 0.1) is 0 Å². The summed E-state index contributed by atoms with van der Waals surface area (Å²) >= 11 is 0.